The maximum atomic E-state index is 5.46. The number of nitrogens with two attached hydrogens (primary N) is 2. The summed E-state index contributed by atoms with van der Waals surface area (Å²) < 4.78 is 0. The first-order valence-electron chi connectivity index (χ1n) is 6.67. The molecule has 24 heavy (non-hydrogen) atoms. The third-order valence-electron chi connectivity index (χ3n) is 2.60. The Balaban J connectivity index is 2.56. The number of hydrogen-bond acceptors (Lipinski definition) is 6. The molecule has 0 aliphatic carbocycles. The number of thiocarbonyl (C=S) groups is 2. The summed E-state index contributed by atoms with van der Waals surface area (Å²) in [7, 11) is 0. The normalized spacial score (nSPS) is 11.7. The number of rotatable bonds is 5. The first-order chi connectivity index (χ1) is 11.6. The molecule has 0 spiro atoms. The molecule has 0 saturated heterocycles. The number of hydrogen-bond donors (Lipinski definition) is 4. The van der Waals surface area contributed by atoms with Gasteiger partial charge >= 0.3 is 0 Å². The van der Waals surface area contributed by atoms with Crippen molar-refractivity contribution in [1.29, 1.82) is 0 Å². The molecule has 2 aromatic rings. The van der Waals surface area contributed by atoms with Crippen LogP contribution >= 0.6 is 24.4 Å². The largest absolute Gasteiger partial charge is 0.375 e. The molecule has 0 atom stereocenters. The van der Waals surface area contributed by atoms with E-state index in [0.717, 1.165) is 0 Å². The number of aromatic nitrogens is 2. The lowest BCUT2D eigenvalue weighted by molar-refractivity contribution is 1.01. The Morgan fingerprint density at radius 1 is 0.792 bits per heavy atom. The third kappa shape index (κ3) is 5.04. The van der Waals surface area contributed by atoms with E-state index in [4.69, 9.17) is 35.9 Å². The molecule has 0 aromatic carbocycles. The van der Waals surface area contributed by atoms with Crippen LogP contribution in [0.1, 0.15) is 11.4 Å². The van der Waals surface area contributed by atoms with Gasteiger partial charge in [0.05, 0.1) is 11.4 Å². The SMILES string of the molecule is NC(=S)NN=C(C(=NNC(N)=S)c1ccccn1)c1ccccn1. The van der Waals surface area contributed by atoms with E-state index in [0.29, 0.717) is 22.8 Å². The maximum Gasteiger partial charge on any atom is 0.184 e. The molecular formula is C14H14N8S2. The molecule has 0 amide bonds. The van der Waals surface area contributed by atoms with Crippen molar-refractivity contribution in [3.63, 3.8) is 0 Å². The van der Waals surface area contributed by atoms with Crippen molar-refractivity contribution >= 4 is 46.1 Å². The molecule has 0 unspecified atom stereocenters. The summed E-state index contributed by atoms with van der Waals surface area (Å²) in [5.74, 6) is 0. The van der Waals surface area contributed by atoms with Crippen LogP contribution in [0.2, 0.25) is 0 Å². The number of hydrazone groups is 2. The minimum absolute atomic E-state index is 0.00565. The second-order valence-electron chi connectivity index (χ2n) is 4.30. The summed E-state index contributed by atoms with van der Waals surface area (Å²) >= 11 is 9.60. The molecule has 8 nitrogen and oxygen atoms in total. The summed E-state index contributed by atoms with van der Waals surface area (Å²) in [6.07, 6.45) is 3.26. The molecule has 2 heterocycles. The van der Waals surface area contributed by atoms with E-state index in [-0.39, 0.29) is 10.2 Å². The third-order valence-corrected chi connectivity index (χ3v) is 2.78. The van der Waals surface area contributed by atoms with Gasteiger partial charge in [-0.25, -0.2) is 0 Å². The molecule has 0 fully saturated rings. The van der Waals surface area contributed by atoms with Crippen LogP contribution in [0.25, 0.3) is 0 Å². The van der Waals surface area contributed by atoms with Crippen molar-refractivity contribution in [2.24, 2.45) is 21.7 Å². The molecule has 2 aromatic heterocycles. The van der Waals surface area contributed by atoms with Crippen molar-refractivity contribution in [3.05, 3.63) is 60.2 Å². The predicted octanol–water partition coefficient (Wildman–Crippen LogP) is 0.251. The summed E-state index contributed by atoms with van der Waals surface area (Å²) in [5.41, 5.74) is 17.8. The van der Waals surface area contributed by atoms with Crippen LogP contribution in [-0.2, 0) is 0 Å². The highest BCUT2D eigenvalue weighted by molar-refractivity contribution is 7.80. The number of nitrogens with one attached hydrogen (secondary N) is 2. The van der Waals surface area contributed by atoms with Crippen molar-refractivity contribution in [2.45, 2.75) is 0 Å². The highest BCUT2D eigenvalue weighted by atomic mass is 32.1. The zero-order valence-electron chi connectivity index (χ0n) is 12.4. The summed E-state index contributed by atoms with van der Waals surface area (Å²) in [5, 5.41) is 8.39. The standard InChI is InChI=1S/C14H14N8S2/c15-13(23)21-19-11(9-5-1-3-7-17-9)12(20-22-14(16)24)10-6-2-4-8-18-10/h1-8H,(H3,15,21,23)(H3,16,22,24). The molecule has 0 aliphatic rings. The van der Waals surface area contributed by atoms with E-state index in [1.165, 1.54) is 0 Å². The van der Waals surface area contributed by atoms with Gasteiger partial charge in [-0.3, -0.25) is 20.8 Å². The quantitative estimate of drug-likeness (QED) is 0.340. The molecule has 0 radical (unpaired) electrons. The fraction of sp³-hybridized carbons (Fsp3) is 0. The first-order valence-corrected chi connectivity index (χ1v) is 7.49. The van der Waals surface area contributed by atoms with E-state index >= 15 is 0 Å². The number of pyridine rings is 2. The molecule has 10 heteroatoms. The highest BCUT2D eigenvalue weighted by Crippen LogP contribution is 2.06. The first kappa shape index (κ1) is 17.4. The van der Waals surface area contributed by atoms with Gasteiger partial charge in [0.1, 0.15) is 11.4 Å². The Hall–Kier alpha value is -2.98. The fourth-order valence-electron chi connectivity index (χ4n) is 1.69. The van der Waals surface area contributed by atoms with Gasteiger partial charge < -0.3 is 11.5 Å². The van der Waals surface area contributed by atoms with Crippen molar-refractivity contribution in [2.75, 3.05) is 0 Å². The van der Waals surface area contributed by atoms with Crippen LogP contribution in [0.4, 0.5) is 0 Å². The van der Waals surface area contributed by atoms with Crippen LogP contribution in [0.3, 0.4) is 0 Å². The molecular weight excluding hydrogens is 344 g/mol. The Kier molecular flexibility index (Phi) is 6.23. The van der Waals surface area contributed by atoms with Crippen LogP contribution in [-0.4, -0.2) is 31.6 Å². The zero-order valence-corrected chi connectivity index (χ0v) is 14.0. The zero-order chi connectivity index (χ0) is 17.4. The summed E-state index contributed by atoms with van der Waals surface area (Å²) in [4.78, 5) is 8.55. The lowest BCUT2D eigenvalue weighted by Gasteiger charge is -2.10. The highest BCUT2D eigenvalue weighted by Gasteiger charge is 2.17. The molecule has 2 rings (SSSR count). The van der Waals surface area contributed by atoms with Gasteiger partial charge in [-0.15, -0.1) is 0 Å². The Bertz CT molecular complexity index is 706. The fourth-order valence-corrected chi connectivity index (χ4v) is 1.78. The lowest BCUT2D eigenvalue weighted by atomic mass is 10.1. The average molecular weight is 358 g/mol. The van der Waals surface area contributed by atoms with E-state index < -0.39 is 0 Å². The van der Waals surface area contributed by atoms with Gasteiger partial charge in [0.2, 0.25) is 0 Å². The Morgan fingerprint density at radius 3 is 1.50 bits per heavy atom. The maximum absolute atomic E-state index is 5.46. The molecule has 0 bridgehead atoms. The molecule has 122 valence electrons. The molecule has 0 aliphatic heterocycles. The summed E-state index contributed by atoms with van der Waals surface area (Å²) in [6, 6.07) is 10.7. The van der Waals surface area contributed by atoms with Gasteiger partial charge in [0.15, 0.2) is 10.2 Å². The topological polar surface area (TPSA) is 127 Å². The number of nitrogens with zero attached hydrogens (tertiary/aromatic N) is 4. The van der Waals surface area contributed by atoms with Crippen LogP contribution in [0.5, 0.6) is 0 Å². The van der Waals surface area contributed by atoms with Gasteiger partial charge in [-0.1, -0.05) is 12.1 Å². The van der Waals surface area contributed by atoms with Gasteiger partial charge in [0.25, 0.3) is 0 Å². The molecule has 0 saturated carbocycles. The van der Waals surface area contributed by atoms with Crippen molar-refractivity contribution in [3.8, 4) is 0 Å². The summed E-state index contributed by atoms with van der Waals surface area (Å²) in [6.45, 7) is 0. The van der Waals surface area contributed by atoms with E-state index in [1.54, 1.807) is 36.7 Å². The minimum Gasteiger partial charge on any atom is -0.375 e. The Labute approximate surface area is 149 Å². The van der Waals surface area contributed by atoms with E-state index in [9.17, 15) is 0 Å². The van der Waals surface area contributed by atoms with Crippen LogP contribution < -0.4 is 22.3 Å². The van der Waals surface area contributed by atoms with Crippen LogP contribution in [0, 0.1) is 0 Å². The van der Waals surface area contributed by atoms with E-state index in [1.807, 2.05) is 12.1 Å². The van der Waals surface area contributed by atoms with Crippen LogP contribution in [0.15, 0.2) is 59.0 Å². The monoisotopic (exact) mass is 358 g/mol. The van der Waals surface area contributed by atoms with Gasteiger partial charge in [-0.2, -0.15) is 10.2 Å². The lowest BCUT2D eigenvalue weighted by Crippen LogP contribution is -2.32. The second kappa shape index (κ2) is 8.60. The second-order valence-corrected chi connectivity index (χ2v) is 5.18. The van der Waals surface area contributed by atoms with Crippen molar-refractivity contribution < 1.29 is 0 Å². The average Bonchev–Trinajstić information content (AvgIpc) is 2.59. The minimum atomic E-state index is 0.00565. The predicted molar refractivity (Wildman–Crippen MR) is 101 cm³/mol. The van der Waals surface area contributed by atoms with E-state index in [2.05, 4.69) is 31.0 Å². The Morgan fingerprint density at radius 2 is 1.21 bits per heavy atom. The van der Waals surface area contributed by atoms with Gasteiger partial charge in [-0.05, 0) is 48.7 Å². The molecule has 6 N–H and O–H groups in total. The smallest absolute Gasteiger partial charge is 0.184 e. The van der Waals surface area contributed by atoms with Crippen molar-refractivity contribution in [1.82, 2.24) is 20.8 Å². The van der Waals surface area contributed by atoms with Gasteiger partial charge in [0, 0.05) is 12.4 Å².